The molecule has 17 heavy (non-hydrogen) atoms. The van der Waals surface area contributed by atoms with Gasteiger partial charge in [0.2, 0.25) is 0 Å². The van der Waals surface area contributed by atoms with Crippen molar-refractivity contribution in [3.05, 3.63) is 48.5 Å². The predicted octanol–water partition coefficient (Wildman–Crippen LogP) is 1.23. The SMILES string of the molecule is COC(=O)C(=O)c1nccn1-c1ccccc1. The first-order valence-electron chi connectivity index (χ1n) is 4.95. The smallest absolute Gasteiger partial charge is 0.382 e. The van der Waals surface area contributed by atoms with E-state index >= 15 is 0 Å². The lowest BCUT2D eigenvalue weighted by Gasteiger charge is -2.05. The molecule has 0 saturated carbocycles. The predicted molar refractivity (Wildman–Crippen MR) is 59.9 cm³/mol. The summed E-state index contributed by atoms with van der Waals surface area (Å²) in [5.74, 6) is -1.64. The monoisotopic (exact) mass is 230 g/mol. The molecule has 0 unspecified atom stereocenters. The summed E-state index contributed by atoms with van der Waals surface area (Å²) in [5, 5.41) is 0. The molecule has 0 aliphatic rings. The highest BCUT2D eigenvalue weighted by Gasteiger charge is 2.22. The van der Waals surface area contributed by atoms with Crippen LogP contribution in [0.25, 0.3) is 5.69 Å². The van der Waals surface area contributed by atoms with Crippen LogP contribution < -0.4 is 0 Å². The van der Waals surface area contributed by atoms with Crippen molar-refractivity contribution in [3.8, 4) is 5.69 Å². The Morgan fingerprint density at radius 3 is 2.59 bits per heavy atom. The lowest BCUT2D eigenvalue weighted by Crippen LogP contribution is -2.20. The molecule has 2 rings (SSSR count). The summed E-state index contributed by atoms with van der Waals surface area (Å²) in [6.45, 7) is 0. The van der Waals surface area contributed by atoms with Gasteiger partial charge in [0.05, 0.1) is 7.11 Å². The van der Waals surface area contributed by atoms with Crippen LogP contribution in [0.1, 0.15) is 10.6 Å². The molecule has 0 radical (unpaired) electrons. The Morgan fingerprint density at radius 1 is 1.24 bits per heavy atom. The number of rotatable bonds is 3. The summed E-state index contributed by atoms with van der Waals surface area (Å²) in [6.07, 6.45) is 3.08. The van der Waals surface area contributed by atoms with Crippen LogP contribution in [0.3, 0.4) is 0 Å². The van der Waals surface area contributed by atoms with Gasteiger partial charge in [-0.1, -0.05) is 18.2 Å². The Balaban J connectivity index is 2.42. The van der Waals surface area contributed by atoms with E-state index in [1.165, 1.54) is 6.20 Å². The first-order chi connectivity index (χ1) is 8.24. The first kappa shape index (κ1) is 11.1. The van der Waals surface area contributed by atoms with Crippen LogP contribution in [0, 0.1) is 0 Å². The number of ketones is 1. The van der Waals surface area contributed by atoms with E-state index in [1.54, 1.807) is 10.8 Å². The van der Waals surface area contributed by atoms with E-state index in [0.29, 0.717) is 0 Å². The van der Waals surface area contributed by atoms with E-state index in [-0.39, 0.29) is 5.82 Å². The molecule has 0 N–H and O–H groups in total. The number of hydrogen-bond donors (Lipinski definition) is 0. The highest BCUT2D eigenvalue weighted by molar-refractivity contribution is 6.39. The molecule has 1 heterocycles. The number of benzene rings is 1. The van der Waals surface area contributed by atoms with Crippen LogP contribution in [0.2, 0.25) is 0 Å². The van der Waals surface area contributed by atoms with Crippen molar-refractivity contribution in [3.63, 3.8) is 0 Å². The van der Waals surface area contributed by atoms with Gasteiger partial charge in [-0.3, -0.25) is 9.36 Å². The van der Waals surface area contributed by atoms with Crippen molar-refractivity contribution >= 4 is 11.8 Å². The molecule has 5 nitrogen and oxygen atoms in total. The molecule has 0 saturated heterocycles. The van der Waals surface area contributed by atoms with Gasteiger partial charge < -0.3 is 4.74 Å². The molecule has 1 aromatic heterocycles. The summed E-state index contributed by atoms with van der Waals surface area (Å²) in [5.41, 5.74) is 0.761. The molecule has 0 amide bonds. The van der Waals surface area contributed by atoms with Crippen molar-refractivity contribution in [2.24, 2.45) is 0 Å². The van der Waals surface area contributed by atoms with E-state index in [0.717, 1.165) is 12.8 Å². The second kappa shape index (κ2) is 4.61. The number of methoxy groups -OCH3 is 1. The first-order valence-corrected chi connectivity index (χ1v) is 4.95. The second-order valence-electron chi connectivity index (χ2n) is 3.28. The van der Waals surface area contributed by atoms with Gasteiger partial charge >= 0.3 is 11.8 Å². The van der Waals surface area contributed by atoms with E-state index in [1.807, 2.05) is 30.3 Å². The number of esters is 1. The third-order valence-corrected chi connectivity index (χ3v) is 2.25. The minimum Gasteiger partial charge on any atom is -0.463 e. The van der Waals surface area contributed by atoms with Crippen LogP contribution in [0.5, 0.6) is 0 Å². The number of aromatic nitrogens is 2. The summed E-state index contributed by atoms with van der Waals surface area (Å²) in [7, 11) is 1.16. The van der Waals surface area contributed by atoms with Crippen molar-refractivity contribution in [2.75, 3.05) is 7.11 Å². The van der Waals surface area contributed by atoms with Crippen molar-refractivity contribution in [1.29, 1.82) is 0 Å². The third kappa shape index (κ3) is 2.08. The van der Waals surface area contributed by atoms with Gasteiger partial charge in [-0.05, 0) is 12.1 Å². The Bertz CT molecular complexity index is 546. The zero-order valence-electron chi connectivity index (χ0n) is 9.16. The molecule has 86 valence electrons. The number of para-hydroxylation sites is 1. The van der Waals surface area contributed by atoms with Gasteiger partial charge in [-0.25, -0.2) is 9.78 Å². The average molecular weight is 230 g/mol. The molecule has 5 heteroatoms. The summed E-state index contributed by atoms with van der Waals surface area (Å²) in [4.78, 5) is 26.7. The molecule has 0 bridgehead atoms. The summed E-state index contributed by atoms with van der Waals surface area (Å²) in [6, 6.07) is 9.16. The highest BCUT2D eigenvalue weighted by atomic mass is 16.5. The minimum atomic E-state index is -0.923. The lowest BCUT2D eigenvalue weighted by molar-refractivity contribution is -0.135. The molecule has 0 aliphatic carbocycles. The molecule has 2 aromatic rings. The number of carbonyl (C=O) groups is 2. The quantitative estimate of drug-likeness (QED) is 0.452. The van der Waals surface area contributed by atoms with Crippen molar-refractivity contribution in [1.82, 2.24) is 9.55 Å². The zero-order chi connectivity index (χ0) is 12.3. The largest absolute Gasteiger partial charge is 0.463 e. The van der Waals surface area contributed by atoms with Crippen LogP contribution in [-0.2, 0) is 9.53 Å². The highest BCUT2D eigenvalue weighted by Crippen LogP contribution is 2.10. The number of nitrogens with zero attached hydrogens (tertiary/aromatic N) is 2. The van der Waals surface area contributed by atoms with Crippen molar-refractivity contribution < 1.29 is 14.3 Å². The Kier molecular flexibility index (Phi) is 3.00. The fourth-order valence-electron chi connectivity index (χ4n) is 1.45. The van der Waals surface area contributed by atoms with E-state index in [9.17, 15) is 9.59 Å². The number of imidazole rings is 1. The van der Waals surface area contributed by atoms with Gasteiger partial charge in [0.15, 0.2) is 5.82 Å². The second-order valence-corrected chi connectivity index (χ2v) is 3.28. The summed E-state index contributed by atoms with van der Waals surface area (Å²) < 4.78 is 5.93. The Hall–Kier alpha value is -2.43. The third-order valence-electron chi connectivity index (χ3n) is 2.25. The van der Waals surface area contributed by atoms with Gasteiger partial charge in [-0.15, -0.1) is 0 Å². The minimum absolute atomic E-state index is 0.0445. The maximum atomic E-state index is 11.7. The molecule has 0 aliphatic heterocycles. The summed E-state index contributed by atoms with van der Waals surface area (Å²) >= 11 is 0. The Morgan fingerprint density at radius 2 is 1.94 bits per heavy atom. The number of carbonyl (C=O) groups excluding carboxylic acids is 2. The number of ether oxygens (including phenoxy) is 1. The maximum Gasteiger partial charge on any atom is 0.382 e. The van der Waals surface area contributed by atoms with Crippen LogP contribution in [-0.4, -0.2) is 28.4 Å². The van der Waals surface area contributed by atoms with E-state index in [2.05, 4.69) is 9.72 Å². The number of Topliss-reactive ketones (excluding diaryl/α,β-unsaturated/α-hetero) is 1. The van der Waals surface area contributed by atoms with Gasteiger partial charge in [-0.2, -0.15) is 0 Å². The molecule has 0 atom stereocenters. The average Bonchev–Trinajstić information content (AvgIpc) is 2.87. The molecule has 0 spiro atoms. The van der Waals surface area contributed by atoms with Crippen LogP contribution in [0.15, 0.2) is 42.7 Å². The van der Waals surface area contributed by atoms with Crippen LogP contribution in [0.4, 0.5) is 0 Å². The fourth-order valence-corrected chi connectivity index (χ4v) is 1.45. The van der Waals surface area contributed by atoms with E-state index < -0.39 is 11.8 Å². The molecule has 0 fully saturated rings. The van der Waals surface area contributed by atoms with Gasteiger partial charge in [0, 0.05) is 18.1 Å². The van der Waals surface area contributed by atoms with Crippen LogP contribution >= 0.6 is 0 Å². The standard InChI is InChI=1S/C12H10N2O3/c1-17-12(16)10(15)11-13-7-8-14(11)9-5-3-2-4-6-9/h2-8H,1H3. The van der Waals surface area contributed by atoms with Gasteiger partial charge in [0.25, 0.3) is 0 Å². The topological polar surface area (TPSA) is 61.2 Å². The maximum absolute atomic E-state index is 11.7. The molecular formula is C12H10N2O3. The van der Waals surface area contributed by atoms with E-state index in [4.69, 9.17) is 0 Å². The Labute approximate surface area is 97.7 Å². The molecular weight excluding hydrogens is 220 g/mol. The normalized spacial score (nSPS) is 9.94. The number of hydrogen-bond acceptors (Lipinski definition) is 4. The lowest BCUT2D eigenvalue weighted by atomic mass is 10.3. The fraction of sp³-hybridized carbons (Fsp3) is 0.0833. The zero-order valence-corrected chi connectivity index (χ0v) is 9.16. The van der Waals surface area contributed by atoms with Gasteiger partial charge in [0.1, 0.15) is 0 Å². The molecule has 1 aromatic carbocycles. The van der Waals surface area contributed by atoms with Crippen molar-refractivity contribution in [2.45, 2.75) is 0 Å².